The number of hydrogen-bond acceptors (Lipinski definition) is 6. The van der Waals surface area contributed by atoms with Crippen molar-refractivity contribution in [2.75, 3.05) is 0 Å². The summed E-state index contributed by atoms with van der Waals surface area (Å²) < 4.78 is 52.9. The van der Waals surface area contributed by atoms with Crippen LogP contribution in [0.4, 0.5) is 0 Å². The molecular formula is C105H69N6O3P3. The van der Waals surface area contributed by atoms with Crippen LogP contribution in [0.5, 0.6) is 0 Å². The van der Waals surface area contributed by atoms with Crippen LogP contribution in [0, 0.1) is 0 Å². The molecule has 0 aliphatic heterocycles. The fourth-order valence-corrected chi connectivity index (χ4v) is 26.5. The Hall–Kier alpha value is -14.2. The average Bonchev–Trinajstić information content (AvgIpc) is 1.60. The average molecular weight is 1560 g/mol. The lowest BCUT2D eigenvalue weighted by Gasteiger charge is -2.23. The van der Waals surface area contributed by atoms with Crippen molar-refractivity contribution in [1.82, 2.24) is 28.2 Å². The first-order valence-electron chi connectivity index (χ1n) is 39.3. The molecule has 18 aromatic carbocycles. The molecule has 0 amide bonds. The minimum absolute atomic E-state index is 0.763. The zero-order valence-electron chi connectivity index (χ0n) is 63.1. The van der Waals surface area contributed by atoms with Gasteiger partial charge in [-0.2, -0.15) is 0 Å². The standard InChI is InChI=1S/3C35H23N2OP/c38-39(25-13-3-1-4-14-25,26-15-5-2-6-16-26)32-21-11-18-28-29-23-22-24-12-7-8-17-27(24)34(29)37-31-20-10-9-19-30(31)36-35(37)33(28)32;38-39(25-13-3-1-4-14-25,26-15-5-2-6-16-26)32-21-11-20-31-33(32)36-35-30-19-10-9-18-28(30)29-23-22-24-12-7-8-17-27(24)34(29)37(31)35;38-39(25-12-3-1-4-13-25,26-14-5-2-6-15-26)27-20-22-33-32(23-27)36-35-31-18-10-9-17-29(31)30-21-19-24-11-7-8-16-28(24)34(30)37(33)35/h3*1-23H. The lowest BCUT2D eigenvalue weighted by atomic mass is 10.0. The van der Waals surface area contributed by atoms with Crippen LogP contribution in [0.2, 0.25) is 0 Å². The maximum atomic E-state index is 15.6. The monoisotopic (exact) mass is 1550 g/mol. The SMILES string of the molecule is O=P(c1ccccc1)(c1ccccc1)c1ccc2c(c1)nc1c3ccccc3c3ccc4ccccc4c3n21.O=P(c1ccccc1)(c1ccccc1)c1cccc2c1nc1c3ccccc3c3ccc4ccccc4c3n21.O=P(c1ccccc1)(c1ccccc1)c1cccc2c3ccc4ccccc4c3n3c4ccccc4nc3c12. The first kappa shape index (κ1) is 69.5. The van der Waals surface area contributed by atoms with Crippen LogP contribution in [0.3, 0.4) is 0 Å². The molecule has 117 heavy (non-hydrogen) atoms. The summed E-state index contributed by atoms with van der Waals surface area (Å²) >= 11 is 0. The smallest absolute Gasteiger partial charge is 0.173 e. The molecule has 0 unspecified atom stereocenters. The van der Waals surface area contributed by atoms with E-state index in [4.69, 9.17) is 15.0 Å². The summed E-state index contributed by atoms with van der Waals surface area (Å²) in [5, 5.41) is 24.3. The molecule has 24 rings (SSSR count). The normalized spacial score (nSPS) is 12.2. The van der Waals surface area contributed by atoms with Crippen molar-refractivity contribution in [3.63, 3.8) is 0 Å². The molecule has 0 saturated carbocycles. The van der Waals surface area contributed by atoms with Crippen molar-refractivity contribution in [1.29, 1.82) is 0 Å². The summed E-state index contributed by atoms with van der Waals surface area (Å²) in [5.74, 6) is 0. The first-order valence-corrected chi connectivity index (χ1v) is 44.4. The third-order valence-corrected chi connectivity index (χ3v) is 32.7. The van der Waals surface area contributed by atoms with E-state index in [2.05, 4.69) is 207 Å². The highest BCUT2D eigenvalue weighted by Gasteiger charge is 2.36. The van der Waals surface area contributed by atoms with E-state index in [1.165, 1.54) is 48.5 Å². The number of pyridine rings is 3. The van der Waals surface area contributed by atoms with Gasteiger partial charge in [-0.1, -0.05) is 376 Å². The molecule has 6 heterocycles. The first-order chi connectivity index (χ1) is 57.7. The van der Waals surface area contributed by atoms with Crippen LogP contribution in [0.15, 0.2) is 419 Å². The van der Waals surface area contributed by atoms with Gasteiger partial charge in [-0.15, -0.1) is 0 Å². The molecule has 0 bridgehead atoms. The molecular weight excluding hydrogens is 1490 g/mol. The van der Waals surface area contributed by atoms with Crippen molar-refractivity contribution in [3.05, 3.63) is 419 Å². The van der Waals surface area contributed by atoms with E-state index in [1.807, 2.05) is 224 Å². The summed E-state index contributed by atoms with van der Waals surface area (Å²) in [4.78, 5) is 15.7. The topological polar surface area (TPSA) is 103 Å². The molecule has 0 saturated heterocycles. The van der Waals surface area contributed by atoms with Crippen LogP contribution in [0.1, 0.15) is 0 Å². The van der Waals surface area contributed by atoms with E-state index in [9.17, 15) is 0 Å². The number of fused-ring (bicyclic) bond motifs is 30. The van der Waals surface area contributed by atoms with Crippen LogP contribution >= 0.6 is 21.4 Å². The van der Waals surface area contributed by atoms with Crippen LogP contribution in [-0.4, -0.2) is 28.2 Å². The minimum Gasteiger partial charge on any atom is -0.309 e. The molecule has 6 aromatic heterocycles. The Morgan fingerprint density at radius 2 is 0.521 bits per heavy atom. The fraction of sp³-hybridized carbons (Fsp3) is 0. The number of benzene rings is 18. The summed E-state index contributed by atoms with van der Waals surface area (Å²) in [7, 11) is -9.58. The van der Waals surface area contributed by atoms with Gasteiger partial charge in [0.2, 0.25) is 0 Å². The van der Waals surface area contributed by atoms with E-state index in [0.29, 0.717) is 0 Å². The Morgan fingerprint density at radius 3 is 1.00 bits per heavy atom. The van der Waals surface area contributed by atoms with Gasteiger partial charge in [0.25, 0.3) is 0 Å². The fourth-order valence-electron chi connectivity index (χ4n) is 18.2. The van der Waals surface area contributed by atoms with Crippen molar-refractivity contribution < 1.29 is 13.7 Å². The molecule has 552 valence electrons. The lowest BCUT2D eigenvalue weighted by molar-refractivity contribution is 0.591. The third-order valence-electron chi connectivity index (χ3n) is 23.5. The van der Waals surface area contributed by atoms with Crippen molar-refractivity contribution in [3.8, 4) is 0 Å². The second-order valence-corrected chi connectivity index (χ2v) is 38.0. The van der Waals surface area contributed by atoms with Gasteiger partial charge in [0.15, 0.2) is 21.4 Å². The van der Waals surface area contributed by atoms with Gasteiger partial charge in [-0.3, -0.25) is 13.2 Å². The highest BCUT2D eigenvalue weighted by molar-refractivity contribution is 7.86. The van der Waals surface area contributed by atoms with Gasteiger partial charge in [0.05, 0.1) is 44.1 Å². The molecule has 0 aliphatic carbocycles. The maximum absolute atomic E-state index is 15.6. The lowest BCUT2D eigenvalue weighted by Crippen LogP contribution is -2.25. The Morgan fingerprint density at radius 1 is 0.197 bits per heavy atom. The molecule has 0 spiro atoms. The summed E-state index contributed by atoms with van der Waals surface area (Å²) in [5.41, 5.74) is 11.6. The quantitative estimate of drug-likeness (QED) is 0.105. The zero-order valence-corrected chi connectivity index (χ0v) is 65.8. The molecule has 0 atom stereocenters. The van der Waals surface area contributed by atoms with Crippen LogP contribution in [-0.2, 0) is 13.7 Å². The Balaban J connectivity index is 0.000000106. The third kappa shape index (κ3) is 10.9. The number of hydrogen-bond donors (Lipinski definition) is 0. The van der Waals surface area contributed by atoms with Gasteiger partial charge in [-0.05, 0) is 74.8 Å². The number of imidazole rings is 3. The molecule has 24 aromatic rings. The molecule has 0 fully saturated rings. The molecule has 9 nitrogen and oxygen atoms in total. The van der Waals surface area contributed by atoms with Crippen LogP contribution in [0.25, 0.3) is 147 Å². The zero-order chi connectivity index (χ0) is 77.9. The summed E-state index contributed by atoms with van der Waals surface area (Å²) in [6, 6.07) is 141. The van der Waals surface area contributed by atoms with E-state index in [1.54, 1.807) is 0 Å². The summed E-state index contributed by atoms with van der Waals surface area (Å²) in [6.07, 6.45) is 0. The number of aromatic nitrogens is 6. The summed E-state index contributed by atoms with van der Waals surface area (Å²) in [6.45, 7) is 0. The Labute approximate surface area is 672 Å². The van der Waals surface area contributed by atoms with Gasteiger partial charge < -0.3 is 13.7 Å². The van der Waals surface area contributed by atoms with Gasteiger partial charge in [0.1, 0.15) is 22.5 Å². The number of nitrogens with zero attached hydrogens (tertiary/aromatic N) is 6. The second kappa shape index (κ2) is 27.8. The highest BCUT2D eigenvalue weighted by Crippen LogP contribution is 2.50. The van der Waals surface area contributed by atoms with Gasteiger partial charge >= 0.3 is 0 Å². The van der Waals surface area contributed by atoms with Crippen molar-refractivity contribution in [2.24, 2.45) is 0 Å². The Kier molecular flexibility index (Phi) is 16.6. The molecule has 0 N–H and O–H groups in total. The van der Waals surface area contributed by atoms with E-state index in [-0.39, 0.29) is 0 Å². The number of para-hydroxylation sites is 3. The predicted octanol–water partition coefficient (Wildman–Crippen LogP) is 22.8. The van der Waals surface area contributed by atoms with E-state index >= 15 is 13.7 Å². The molecule has 0 radical (unpaired) electrons. The minimum atomic E-state index is -3.25. The van der Waals surface area contributed by atoms with Crippen molar-refractivity contribution >= 4 is 217 Å². The molecule has 12 heteroatoms. The van der Waals surface area contributed by atoms with Crippen LogP contribution < -0.4 is 47.7 Å². The van der Waals surface area contributed by atoms with E-state index in [0.717, 1.165) is 147 Å². The number of rotatable bonds is 9. The highest BCUT2D eigenvalue weighted by atomic mass is 31.2. The van der Waals surface area contributed by atoms with Crippen molar-refractivity contribution in [2.45, 2.75) is 0 Å². The van der Waals surface area contributed by atoms with Gasteiger partial charge in [-0.25, -0.2) is 15.0 Å². The molecule has 0 aliphatic rings. The Bertz CT molecular complexity index is 8130. The second-order valence-electron chi connectivity index (χ2n) is 29.8. The van der Waals surface area contributed by atoms with Gasteiger partial charge in [0, 0.05) is 96.2 Å². The maximum Gasteiger partial charge on any atom is 0.173 e. The van der Waals surface area contributed by atoms with E-state index < -0.39 is 21.4 Å². The largest absolute Gasteiger partial charge is 0.309 e. The predicted molar refractivity (Wildman–Crippen MR) is 494 cm³/mol.